The third-order valence-corrected chi connectivity index (χ3v) is 5.98. The summed E-state index contributed by atoms with van der Waals surface area (Å²) in [6.45, 7) is 6.94. The van der Waals surface area contributed by atoms with E-state index in [1.54, 1.807) is 6.07 Å². The molecular weight excluding hydrogens is 400 g/mol. The number of rotatable bonds is 6. The van der Waals surface area contributed by atoms with Crippen LogP contribution in [0.25, 0.3) is 5.65 Å². The highest BCUT2D eigenvalue weighted by atomic mass is 35.5. The minimum absolute atomic E-state index is 0.0787. The van der Waals surface area contributed by atoms with E-state index in [0.717, 1.165) is 42.7 Å². The first-order valence-corrected chi connectivity index (χ1v) is 10.8. The summed E-state index contributed by atoms with van der Waals surface area (Å²) in [6, 6.07) is 5.77. The van der Waals surface area contributed by atoms with Crippen LogP contribution in [-0.4, -0.2) is 38.8 Å². The Bertz CT molecular complexity index is 1090. The first-order valence-electron chi connectivity index (χ1n) is 10.5. The van der Waals surface area contributed by atoms with Gasteiger partial charge >= 0.3 is 0 Å². The van der Waals surface area contributed by atoms with Gasteiger partial charge in [0.05, 0.1) is 22.9 Å². The van der Waals surface area contributed by atoms with Gasteiger partial charge in [0.25, 0.3) is 0 Å². The van der Waals surface area contributed by atoms with Crippen LogP contribution in [0.2, 0.25) is 5.02 Å². The molecule has 1 aliphatic heterocycles. The zero-order chi connectivity index (χ0) is 21.3. The summed E-state index contributed by atoms with van der Waals surface area (Å²) in [5, 5.41) is 3.93. The summed E-state index contributed by atoms with van der Waals surface area (Å²) in [4.78, 5) is 23.3. The van der Waals surface area contributed by atoms with E-state index in [1.807, 2.05) is 49.7 Å². The Morgan fingerprint density at radius 2 is 2.17 bits per heavy atom. The number of carbonyl (C=O) groups excluding carboxylic acids is 1. The van der Waals surface area contributed by atoms with Gasteiger partial charge in [-0.05, 0) is 64.3 Å². The molecule has 1 fully saturated rings. The van der Waals surface area contributed by atoms with Gasteiger partial charge < -0.3 is 14.5 Å². The average Bonchev–Trinajstić information content (AvgIpc) is 3.13. The number of aromatic nitrogens is 3. The Kier molecular flexibility index (Phi) is 5.80. The molecule has 7 heteroatoms. The van der Waals surface area contributed by atoms with Crippen LogP contribution >= 0.6 is 11.6 Å². The van der Waals surface area contributed by atoms with Crippen molar-refractivity contribution in [2.24, 2.45) is 0 Å². The van der Waals surface area contributed by atoms with Crippen molar-refractivity contribution in [3.8, 4) is 5.75 Å². The number of hydrogen-bond acceptors (Lipinski definition) is 5. The molecule has 0 aromatic carbocycles. The molecule has 3 aromatic rings. The number of nitrogens with zero attached hydrogens (tertiary/aromatic N) is 3. The SMILES string of the molecule is CCOc1c(Cl)cc(C)nc1C(=O)[C@@]1(Cc2cn3cccc(C)c3n2)CCCCN1. The molecule has 1 aliphatic rings. The van der Waals surface area contributed by atoms with Gasteiger partial charge in [0, 0.05) is 24.5 Å². The first kappa shape index (κ1) is 20.8. The second-order valence-electron chi connectivity index (χ2n) is 7.98. The van der Waals surface area contributed by atoms with E-state index in [-0.39, 0.29) is 5.78 Å². The Hall–Kier alpha value is -2.44. The smallest absolute Gasteiger partial charge is 0.205 e. The molecule has 6 nitrogen and oxygen atoms in total. The maximum absolute atomic E-state index is 13.9. The van der Waals surface area contributed by atoms with Crippen LogP contribution in [0.1, 0.15) is 53.6 Å². The summed E-state index contributed by atoms with van der Waals surface area (Å²) in [5.41, 5.74) is 3.12. The third-order valence-electron chi connectivity index (χ3n) is 5.70. The molecular formula is C23H27ClN4O2. The third kappa shape index (κ3) is 3.82. The number of nitrogens with one attached hydrogen (secondary N) is 1. The maximum atomic E-state index is 13.9. The molecule has 4 rings (SSSR count). The summed E-state index contributed by atoms with van der Waals surface area (Å²) in [5.74, 6) is 0.289. The molecule has 0 unspecified atom stereocenters. The first-order chi connectivity index (χ1) is 14.4. The van der Waals surface area contributed by atoms with Crippen LogP contribution in [0.4, 0.5) is 0 Å². The van der Waals surface area contributed by atoms with E-state index < -0.39 is 5.54 Å². The van der Waals surface area contributed by atoms with E-state index in [2.05, 4.69) is 10.3 Å². The quantitative estimate of drug-likeness (QED) is 0.594. The summed E-state index contributed by atoms with van der Waals surface area (Å²) in [7, 11) is 0. The van der Waals surface area contributed by atoms with Crippen molar-refractivity contribution in [3.63, 3.8) is 0 Å². The zero-order valence-corrected chi connectivity index (χ0v) is 18.4. The number of piperidine rings is 1. The van der Waals surface area contributed by atoms with Crippen molar-refractivity contribution in [3.05, 3.63) is 58.3 Å². The highest BCUT2D eigenvalue weighted by molar-refractivity contribution is 6.32. The fourth-order valence-electron chi connectivity index (χ4n) is 4.28. The number of imidazole rings is 1. The highest BCUT2D eigenvalue weighted by Gasteiger charge is 2.43. The minimum atomic E-state index is -0.778. The molecule has 0 aliphatic carbocycles. The van der Waals surface area contributed by atoms with Gasteiger partial charge in [-0.2, -0.15) is 0 Å². The zero-order valence-electron chi connectivity index (χ0n) is 17.7. The topological polar surface area (TPSA) is 68.5 Å². The van der Waals surface area contributed by atoms with E-state index in [1.165, 1.54) is 0 Å². The predicted molar refractivity (Wildman–Crippen MR) is 118 cm³/mol. The van der Waals surface area contributed by atoms with Crippen molar-refractivity contribution < 1.29 is 9.53 Å². The molecule has 158 valence electrons. The lowest BCUT2D eigenvalue weighted by molar-refractivity contribution is 0.0799. The normalized spacial score (nSPS) is 19.2. The molecule has 30 heavy (non-hydrogen) atoms. The summed E-state index contributed by atoms with van der Waals surface area (Å²) < 4.78 is 7.74. The number of Topliss-reactive ketones (excluding diaryl/α,β-unsaturated/α-hetero) is 1. The van der Waals surface area contributed by atoms with E-state index in [4.69, 9.17) is 21.3 Å². The fourth-order valence-corrected chi connectivity index (χ4v) is 4.58. The minimum Gasteiger partial charge on any atom is -0.490 e. The Morgan fingerprint density at radius 1 is 1.33 bits per heavy atom. The number of aryl methyl sites for hydroxylation is 2. The second kappa shape index (κ2) is 8.36. The van der Waals surface area contributed by atoms with Gasteiger partial charge in [0.1, 0.15) is 5.65 Å². The number of carbonyl (C=O) groups is 1. The number of ether oxygens (including phenoxy) is 1. The highest BCUT2D eigenvalue weighted by Crippen LogP contribution is 2.34. The lowest BCUT2D eigenvalue weighted by Gasteiger charge is -2.36. The van der Waals surface area contributed by atoms with Crippen molar-refractivity contribution in [2.45, 2.75) is 52.0 Å². The molecule has 0 spiro atoms. The molecule has 0 saturated carbocycles. The monoisotopic (exact) mass is 426 g/mol. The molecule has 1 saturated heterocycles. The second-order valence-corrected chi connectivity index (χ2v) is 8.39. The maximum Gasteiger partial charge on any atom is 0.205 e. The molecule has 1 atom stereocenters. The van der Waals surface area contributed by atoms with Crippen LogP contribution in [0.5, 0.6) is 5.75 Å². The van der Waals surface area contributed by atoms with Crippen molar-refractivity contribution in [1.82, 2.24) is 19.7 Å². The van der Waals surface area contributed by atoms with Gasteiger partial charge in [0.15, 0.2) is 11.4 Å². The van der Waals surface area contributed by atoms with E-state index >= 15 is 0 Å². The van der Waals surface area contributed by atoms with Gasteiger partial charge in [-0.1, -0.05) is 17.7 Å². The van der Waals surface area contributed by atoms with Crippen molar-refractivity contribution in [1.29, 1.82) is 0 Å². The lowest BCUT2D eigenvalue weighted by Crippen LogP contribution is -2.56. The number of pyridine rings is 2. The summed E-state index contributed by atoms with van der Waals surface area (Å²) >= 11 is 6.42. The van der Waals surface area contributed by atoms with Gasteiger partial charge in [-0.15, -0.1) is 0 Å². The number of fused-ring (bicyclic) bond motifs is 1. The van der Waals surface area contributed by atoms with Gasteiger partial charge in [0.2, 0.25) is 5.78 Å². The van der Waals surface area contributed by atoms with Crippen molar-refractivity contribution >= 4 is 23.0 Å². The predicted octanol–water partition coefficient (Wildman–Crippen LogP) is 4.34. The molecule has 1 N–H and O–H groups in total. The molecule has 3 aromatic heterocycles. The standard InChI is InChI=1S/C23H27ClN4O2/c1-4-30-20-18(24)12-16(3)26-19(20)21(29)23(9-5-6-10-25-23)13-17-14-28-11-7-8-15(2)22(28)27-17/h7-8,11-12,14,25H,4-6,9-10,13H2,1-3H3/t23-/m0/s1. The van der Waals surface area contributed by atoms with Gasteiger partial charge in [-0.3, -0.25) is 4.79 Å². The summed E-state index contributed by atoms with van der Waals surface area (Å²) in [6.07, 6.45) is 7.21. The van der Waals surface area contributed by atoms with Crippen LogP contribution in [0.3, 0.4) is 0 Å². The van der Waals surface area contributed by atoms with E-state index in [9.17, 15) is 4.79 Å². The van der Waals surface area contributed by atoms with Crippen molar-refractivity contribution in [2.75, 3.05) is 13.2 Å². The van der Waals surface area contributed by atoms with E-state index in [0.29, 0.717) is 35.2 Å². The van der Waals surface area contributed by atoms with Crippen LogP contribution in [0, 0.1) is 13.8 Å². The average molecular weight is 427 g/mol. The Balaban J connectivity index is 1.77. The fraction of sp³-hybridized carbons (Fsp3) is 0.435. The largest absolute Gasteiger partial charge is 0.490 e. The van der Waals surface area contributed by atoms with Crippen LogP contribution in [0.15, 0.2) is 30.6 Å². The molecule has 0 bridgehead atoms. The van der Waals surface area contributed by atoms with Crippen LogP contribution < -0.4 is 10.1 Å². The Morgan fingerprint density at radius 3 is 2.87 bits per heavy atom. The number of hydrogen-bond donors (Lipinski definition) is 1. The molecule has 0 radical (unpaired) electrons. The Labute approximate surface area is 181 Å². The molecule has 4 heterocycles. The number of ketones is 1. The van der Waals surface area contributed by atoms with Crippen LogP contribution in [-0.2, 0) is 6.42 Å². The number of halogens is 1. The molecule has 0 amide bonds. The van der Waals surface area contributed by atoms with Gasteiger partial charge in [-0.25, -0.2) is 9.97 Å². The lowest BCUT2D eigenvalue weighted by atomic mass is 9.79.